The van der Waals surface area contributed by atoms with Crippen LogP contribution in [0.5, 0.6) is 0 Å². The molecule has 8 heteroatoms. The van der Waals surface area contributed by atoms with E-state index in [2.05, 4.69) is 10.3 Å². The summed E-state index contributed by atoms with van der Waals surface area (Å²) in [5, 5.41) is 2.78. The van der Waals surface area contributed by atoms with Gasteiger partial charge in [0.1, 0.15) is 0 Å². The quantitative estimate of drug-likeness (QED) is 0.761. The molecule has 2 rings (SSSR count). The van der Waals surface area contributed by atoms with Crippen molar-refractivity contribution in [3.05, 3.63) is 59.9 Å². The van der Waals surface area contributed by atoms with Crippen LogP contribution >= 0.6 is 24.8 Å². The molecule has 27 heavy (non-hydrogen) atoms. The van der Waals surface area contributed by atoms with E-state index in [1.54, 1.807) is 54.5 Å². The van der Waals surface area contributed by atoms with Crippen LogP contribution in [0.3, 0.4) is 0 Å². The van der Waals surface area contributed by atoms with Crippen LogP contribution in [0.15, 0.2) is 48.8 Å². The fourth-order valence-corrected chi connectivity index (χ4v) is 2.43. The molecular formula is C19H26Cl2N4O2. The Kier molecular flexibility index (Phi) is 10.0. The maximum Gasteiger partial charge on any atom is 0.257 e. The minimum atomic E-state index is -0.268. The monoisotopic (exact) mass is 412 g/mol. The molecule has 0 spiro atoms. The van der Waals surface area contributed by atoms with Crippen LogP contribution in [0.2, 0.25) is 0 Å². The first-order valence-electron chi connectivity index (χ1n) is 8.09. The Hall–Kier alpha value is -2.15. The van der Waals surface area contributed by atoms with Crippen LogP contribution in [0.1, 0.15) is 34.6 Å². The van der Waals surface area contributed by atoms with E-state index in [1.165, 1.54) is 6.20 Å². The lowest BCUT2D eigenvalue weighted by atomic mass is 9.93. The van der Waals surface area contributed by atoms with Gasteiger partial charge in [0.2, 0.25) is 0 Å². The number of halogens is 2. The van der Waals surface area contributed by atoms with Gasteiger partial charge in [0, 0.05) is 37.2 Å². The standard InChI is InChI=1S/C19H24N4O2.2ClH/c1-19(2,12-20)13-23(3)18(25)14-6-4-8-16(10-14)22-17(24)15-7-5-9-21-11-15;;/h4-11H,12-13,20H2,1-3H3,(H,22,24);2*1H. The predicted octanol–water partition coefficient (Wildman–Crippen LogP) is 3.23. The third-order valence-electron chi connectivity index (χ3n) is 3.86. The van der Waals surface area contributed by atoms with Gasteiger partial charge >= 0.3 is 0 Å². The highest BCUT2D eigenvalue weighted by atomic mass is 35.5. The van der Waals surface area contributed by atoms with Crippen molar-refractivity contribution in [2.75, 3.05) is 25.5 Å². The molecule has 6 nitrogen and oxygen atoms in total. The lowest BCUT2D eigenvalue weighted by Gasteiger charge is -2.29. The van der Waals surface area contributed by atoms with E-state index in [-0.39, 0.29) is 42.0 Å². The summed E-state index contributed by atoms with van der Waals surface area (Å²) in [6.45, 7) is 5.07. The second-order valence-electron chi connectivity index (χ2n) is 6.81. The summed E-state index contributed by atoms with van der Waals surface area (Å²) in [6.07, 6.45) is 3.10. The molecule has 2 amide bonds. The minimum absolute atomic E-state index is 0. The first-order chi connectivity index (χ1) is 11.8. The molecule has 0 saturated heterocycles. The van der Waals surface area contributed by atoms with E-state index >= 15 is 0 Å². The first-order valence-corrected chi connectivity index (χ1v) is 8.09. The van der Waals surface area contributed by atoms with Crippen molar-refractivity contribution < 1.29 is 9.59 Å². The number of carbonyl (C=O) groups excluding carboxylic acids is 2. The van der Waals surface area contributed by atoms with Crippen LogP contribution < -0.4 is 11.1 Å². The molecule has 1 aromatic heterocycles. The highest BCUT2D eigenvalue weighted by molar-refractivity contribution is 6.04. The number of hydrogen-bond donors (Lipinski definition) is 2. The number of pyridine rings is 1. The Labute approximate surface area is 172 Å². The number of aromatic nitrogens is 1. The molecule has 1 heterocycles. The Morgan fingerprint density at radius 2 is 1.81 bits per heavy atom. The van der Waals surface area contributed by atoms with Crippen molar-refractivity contribution in [3.63, 3.8) is 0 Å². The van der Waals surface area contributed by atoms with E-state index in [4.69, 9.17) is 5.73 Å². The fourth-order valence-electron chi connectivity index (χ4n) is 2.43. The zero-order valence-corrected chi connectivity index (χ0v) is 17.3. The molecule has 148 valence electrons. The topological polar surface area (TPSA) is 88.3 Å². The predicted molar refractivity (Wildman–Crippen MR) is 113 cm³/mol. The second-order valence-corrected chi connectivity index (χ2v) is 6.81. The number of nitrogens with one attached hydrogen (secondary N) is 1. The number of nitrogens with zero attached hydrogens (tertiary/aromatic N) is 2. The van der Waals surface area contributed by atoms with Gasteiger partial charge in [0.25, 0.3) is 11.8 Å². The number of amides is 2. The van der Waals surface area contributed by atoms with Crippen LogP contribution in [-0.4, -0.2) is 41.8 Å². The number of carbonyl (C=O) groups is 2. The maximum atomic E-state index is 12.6. The zero-order valence-electron chi connectivity index (χ0n) is 15.6. The molecule has 2 aromatic rings. The molecule has 0 radical (unpaired) electrons. The lowest BCUT2D eigenvalue weighted by molar-refractivity contribution is 0.0740. The summed E-state index contributed by atoms with van der Waals surface area (Å²) >= 11 is 0. The van der Waals surface area contributed by atoms with Crippen LogP contribution in [-0.2, 0) is 0 Å². The van der Waals surface area contributed by atoms with Gasteiger partial charge in [-0.3, -0.25) is 14.6 Å². The Morgan fingerprint density at radius 3 is 2.41 bits per heavy atom. The maximum absolute atomic E-state index is 12.6. The van der Waals surface area contributed by atoms with E-state index in [0.717, 1.165) is 0 Å². The summed E-state index contributed by atoms with van der Waals surface area (Å²) < 4.78 is 0. The van der Waals surface area contributed by atoms with Crippen LogP contribution in [0, 0.1) is 5.41 Å². The molecule has 1 aromatic carbocycles. The first kappa shape index (κ1) is 24.8. The van der Waals surface area contributed by atoms with Gasteiger partial charge in [0.05, 0.1) is 5.56 Å². The van der Waals surface area contributed by atoms with Gasteiger partial charge in [-0.1, -0.05) is 19.9 Å². The molecule has 0 aliphatic carbocycles. The average Bonchev–Trinajstić information content (AvgIpc) is 2.61. The Morgan fingerprint density at radius 1 is 1.15 bits per heavy atom. The number of hydrogen-bond acceptors (Lipinski definition) is 4. The third kappa shape index (κ3) is 7.17. The van der Waals surface area contributed by atoms with Crippen LogP contribution in [0.4, 0.5) is 5.69 Å². The van der Waals surface area contributed by atoms with E-state index in [1.807, 2.05) is 13.8 Å². The van der Waals surface area contributed by atoms with Gasteiger partial charge in [-0.05, 0) is 42.3 Å². The summed E-state index contributed by atoms with van der Waals surface area (Å²) in [6, 6.07) is 10.3. The minimum Gasteiger partial charge on any atom is -0.341 e. The normalized spacial score (nSPS) is 10.2. The van der Waals surface area contributed by atoms with Gasteiger partial charge < -0.3 is 16.0 Å². The number of anilines is 1. The van der Waals surface area contributed by atoms with Crippen molar-refractivity contribution in [2.45, 2.75) is 13.8 Å². The summed E-state index contributed by atoms with van der Waals surface area (Å²) in [5.41, 5.74) is 7.11. The number of nitrogens with two attached hydrogens (primary N) is 1. The molecular weight excluding hydrogens is 387 g/mol. The molecule has 0 aliphatic heterocycles. The Balaban J connectivity index is 0.00000338. The molecule has 0 bridgehead atoms. The van der Waals surface area contributed by atoms with Crippen molar-refractivity contribution in [2.24, 2.45) is 11.1 Å². The number of rotatable bonds is 6. The van der Waals surface area contributed by atoms with E-state index < -0.39 is 0 Å². The third-order valence-corrected chi connectivity index (χ3v) is 3.86. The average molecular weight is 413 g/mol. The van der Waals surface area contributed by atoms with Crippen molar-refractivity contribution >= 4 is 42.3 Å². The largest absolute Gasteiger partial charge is 0.341 e. The summed E-state index contributed by atoms with van der Waals surface area (Å²) in [7, 11) is 1.75. The molecule has 3 N–H and O–H groups in total. The van der Waals surface area contributed by atoms with E-state index in [9.17, 15) is 9.59 Å². The van der Waals surface area contributed by atoms with E-state index in [0.29, 0.717) is 29.9 Å². The van der Waals surface area contributed by atoms with Gasteiger partial charge in [0.15, 0.2) is 0 Å². The van der Waals surface area contributed by atoms with Crippen molar-refractivity contribution in [1.82, 2.24) is 9.88 Å². The molecule has 0 saturated carbocycles. The Bertz CT molecular complexity index is 754. The van der Waals surface area contributed by atoms with Crippen molar-refractivity contribution in [3.8, 4) is 0 Å². The highest BCUT2D eigenvalue weighted by Gasteiger charge is 2.22. The summed E-state index contributed by atoms with van der Waals surface area (Å²) in [4.78, 5) is 30.4. The SMILES string of the molecule is CN(CC(C)(C)CN)C(=O)c1cccc(NC(=O)c2cccnc2)c1.Cl.Cl. The summed E-state index contributed by atoms with van der Waals surface area (Å²) in [5.74, 6) is -0.380. The molecule has 0 unspecified atom stereocenters. The lowest BCUT2D eigenvalue weighted by Crippen LogP contribution is -2.39. The second kappa shape index (κ2) is 10.9. The van der Waals surface area contributed by atoms with Crippen molar-refractivity contribution in [1.29, 1.82) is 0 Å². The molecule has 0 fully saturated rings. The van der Waals surface area contributed by atoms with Gasteiger partial charge in [-0.25, -0.2) is 0 Å². The zero-order chi connectivity index (χ0) is 18.4. The smallest absolute Gasteiger partial charge is 0.257 e. The molecule has 0 atom stereocenters. The molecule has 0 aliphatic rings. The van der Waals surface area contributed by atoms with Gasteiger partial charge in [-0.15, -0.1) is 24.8 Å². The highest BCUT2D eigenvalue weighted by Crippen LogP contribution is 2.18. The van der Waals surface area contributed by atoms with Crippen LogP contribution in [0.25, 0.3) is 0 Å². The fraction of sp³-hybridized carbons (Fsp3) is 0.316. The number of benzene rings is 1. The van der Waals surface area contributed by atoms with Gasteiger partial charge in [-0.2, -0.15) is 0 Å².